The summed E-state index contributed by atoms with van der Waals surface area (Å²) in [4.78, 5) is 0. The van der Waals surface area contributed by atoms with Crippen LogP contribution >= 0.6 is 15.9 Å². The predicted molar refractivity (Wildman–Crippen MR) is 73.1 cm³/mol. The van der Waals surface area contributed by atoms with Gasteiger partial charge >= 0.3 is 0 Å². The van der Waals surface area contributed by atoms with E-state index in [1.807, 2.05) is 31.2 Å². The van der Waals surface area contributed by atoms with Gasteiger partial charge in [-0.05, 0) is 34.5 Å². The zero-order chi connectivity index (χ0) is 13.1. The summed E-state index contributed by atoms with van der Waals surface area (Å²) in [6.07, 6.45) is 0.754. The van der Waals surface area contributed by atoms with E-state index in [4.69, 9.17) is 4.74 Å². The molecule has 0 aliphatic heterocycles. The number of aryl methyl sites for hydroxylation is 1. The molecule has 1 N–H and O–H groups in total. The lowest BCUT2D eigenvalue weighted by Crippen LogP contribution is -2.01. The fourth-order valence-corrected chi connectivity index (χ4v) is 2.37. The average molecular weight is 311 g/mol. The summed E-state index contributed by atoms with van der Waals surface area (Å²) in [7, 11) is 1.59. The molecule has 0 atom stereocenters. The van der Waals surface area contributed by atoms with E-state index >= 15 is 0 Å². The van der Waals surface area contributed by atoms with Crippen molar-refractivity contribution in [1.29, 1.82) is 0 Å². The molecule has 0 amide bonds. The van der Waals surface area contributed by atoms with Crippen molar-refractivity contribution >= 4 is 15.9 Å². The topological polar surface area (TPSA) is 47.3 Å². The van der Waals surface area contributed by atoms with Crippen LogP contribution in [-0.4, -0.2) is 22.0 Å². The van der Waals surface area contributed by atoms with Gasteiger partial charge in [0.05, 0.1) is 30.7 Å². The van der Waals surface area contributed by atoms with E-state index in [2.05, 4.69) is 21.0 Å². The van der Waals surface area contributed by atoms with Gasteiger partial charge in [0.1, 0.15) is 0 Å². The first kappa shape index (κ1) is 13.1. The number of aromatic nitrogens is 2. The summed E-state index contributed by atoms with van der Waals surface area (Å²) >= 11 is 3.50. The first-order valence-electron chi connectivity index (χ1n) is 5.73. The Morgan fingerprint density at radius 2 is 2.11 bits per heavy atom. The van der Waals surface area contributed by atoms with Crippen molar-refractivity contribution < 1.29 is 9.84 Å². The molecule has 1 aromatic heterocycles. The van der Waals surface area contributed by atoms with Crippen LogP contribution < -0.4 is 4.74 Å². The van der Waals surface area contributed by atoms with Gasteiger partial charge in [0, 0.05) is 4.47 Å². The van der Waals surface area contributed by atoms with Crippen LogP contribution in [0.4, 0.5) is 0 Å². The molecule has 0 aliphatic rings. The number of hydrogen-bond acceptors (Lipinski definition) is 3. The minimum absolute atomic E-state index is 0.0726. The van der Waals surface area contributed by atoms with Crippen molar-refractivity contribution in [2.75, 3.05) is 7.11 Å². The fourth-order valence-electron chi connectivity index (χ4n) is 1.92. The second-order valence-electron chi connectivity index (χ2n) is 3.81. The lowest BCUT2D eigenvalue weighted by atomic mass is 10.2. The highest BCUT2D eigenvalue weighted by molar-refractivity contribution is 9.10. The lowest BCUT2D eigenvalue weighted by Gasteiger charge is -2.08. The van der Waals surface area contributed by atoms with Crippen molar-refractivity contribution in [3.05, 3.63) is 40.0 Å². The molecule has 0 unspecified atom stereocenters. The lowest BCUT2D eigenvalue weighted by molar-refractivity contribution is 0.271. The SMILES string of the molecule is CCc1nn(-c2ccccc2Br)c(OC)c1CO. The van der Waals surface area contributed by atoms with Crippen molar-refractivity contribution in [2.24, 2.45) is 0 Å². The zero-order valence-electron chi connectivity index (χ0n) is 10.4. The summed E-state index contributed by atoms with van der Waals surface area (Å²) < 4.78 is 8.02. The largest absolute Gasteiger partial charge is 0.481 e. The molecule has 0 saturated heterocycles. The second-order valence-corrected chi connectivity index (χ2v) is 4.66. The van der Waals surface area contributed by atoms with Crippen LogP contribution in [0.2, 0.25) is 0 Å². The molecule has 0 spiro atoms. The van der Waals surface area contributed by atoms with Crippen molar-refractivity contribution in [1.82, 2.24) is 9.78 Å². The van der Waals surface area contributed by atoms with E-state index < -0.39 is 0 Å². The number of aliphatic hydroxyl groups is 1. The van der Waals surface area contributed by atoms with Gasteiger partial charge in [0.25, 0.3) is 0 Å². The maximum absolute atomic E-state index is 9.45. The third kappa shape index (κ3) is 2.15. The van der Waals surface area contributed by atoms with Crippen molar-refractivity contribution in [3.8, 4) is 11.6 Å². The third-order valence-corrected chi connectivity index (χ3v) is 3.46. The zero-order valence-corrected chi connectivity index (χ0v) is 11.9. The fraction of sp³-hybridized carbons (Fsp3) is 0.308. The average Bonchev–Trinajstić information content (AvgIpc) is 2.76. The number of methoxy groups -OCH3 is 1. The minimum Gasteiger partial charge on any atom is -0.481 e. The van der Waals surface area contributed by atoms with Gasteiger partial charge < -0.3 is 9.84 Å². The molecular weight excluding hydrogens is 296 g/mol. The summed E-state index contributed by atoms with van der Waals surface area (Å²) in [5, 5.41) is 13.9. The highest BCUT2D eigenvalue weighted by Gasteiger charge is 2.18. The van der Waals surface area contributed by atoms with Crippen LogP contribution in [0.3, 0.4) is 0 Å². The number of halogens is 1. The van der Waals surface area contributed by atoms with Crippen LogP contribution in [0, 0.1) is 0 Å². The third-order valence-electron chi connectivity index (χ3n) is 2.79. The molecule has 5 heteroatoms. The van der Waals surface area contributed by atoms with E-state index in [9.17, 15) is 5.11 Å². The molecule has 2 aromatic rings. The number of nitrogens with zero attached hydrogens (tertiary/aromatic N) is 2. The number of para-hydroxylation sites is 1. The second kappa shape index (κ2) is 5.54. The van der Waals surface area contributed by atoms with Gasteiger partial charge in [-0.25, -0.2) is 0 Å². The Hall–Kier alpha value is -1.33. The molecule has 1 aromatic carbocycles. The summed E-state index contributed by atoms with van der Waals surface area (Å²) in [6, 6.07) is 7.77. The first-order valence-corrected chi connectivity index (χ1v) is 6.52. The van der Waals surface area contributed by atoms with Gasteiger partial charge in [0.2, 0.25) is 5.88 Å². The first-order chi connectivity index (χ1) is 8.72. The Morgan fingerprint density at radius 1 is 1.39 bits per heavy atom. The molecule has 18 heavy (non-hydrogen) atoms. The van der Waals surface area contributed by atoms with Crippen molar-refractivity contribution in [2.45, 2.75) is 20.0 Å². The molecule has 0 fully saturated rings. The molecule has 0 saturated carbocycles. The molecule has 0 bridgehead atoms. The number of benzene rings is 1. The van der Waals surface area contributed by atoms with E-state index in [1.54, 1.807) is 11.8 Å². The maximum Gasteiger partial charge on any atom is 0.222 e. The molecule has 0 radical (unpaired) electrons. The Bertz CT molecular complexity index is 552. The molecule has 0 aliphatic carbocycles. The van der Waals surface area contributed by atoms with E-state index in [0.717, 1.165) is 27.8 Å². The van der Waals surface area contributed by atoms with Gasteiger partial charge in [-0.3, -0.25) is 0 Å². The highest BCUT2D eigenvalue weighted by Crippen LogP contribution is 2.29. The smallest absolute Gasteiger partial charge is 0.222 e. The van der Waals surface area contributed by atoms with Gasteiger partial charge in [0.15, 0.2) is 0 Å². The Kier molecular flexibility index (Phi) is 4.04. The van der Waals surface area contributed by atoms with Crippen molar-refractivity contribution in [3.63, 3.8) is 0 Å². The van der Waals surface area contributed by atoms with E-state index in [-0.39, 0.29) is 6.61 Å². The van der Waals surface area contributed by atoms with Crippen LogP contribution in [-0.2, 0) is 13.0 Å². The van der Waals surface area contributed by atoms with Crippen LogP contribution in [0.1, 0.15) is 18.2 Å². The Labute approximate surface area is 114 Å². The van der Waals surface area contributed by atoms with Gasteiger partial charge in [-0.2, -0.15) is 9.78 Å². The Balaban J connectivity index is 2.64. The molecule has 1 heterocycles. The van der Waals surface area contributed by atoms with Gasteiger partial charge in [-0.1, -0.05) is 19.1 Å². The summed E-state index contributed by atoms with van der Waals surface area (Å²) in [6.45, 7) is 1.93. The number of ether oxygens (including phenoxy) is 1. The minimum atomic E-state index is -0.0726. The van der Waals surface area contributed by atoms with Crippen LogP contribution in [0.15, 0.2) is 28.7 Å². The molecule has 96 valence electrons. The Morgan fingerprint density at radius 3 is 2.67 bits per heavy atom. The van der Waals surface area contributed by atoms with Crippen LogP contribution in [0.25, 0.3) is 5.69 Å². The maximum atomic E-state index is 9.45. The van der Waals surface area contributed by atoms with Gasteiger partial charge in [-0.15, -0.1) is 0 Å². The van der Waals surface area contributed by atoms with E-state index in [1.165, 1.54) is 0 Å². The monoisotopic (exact) mass is 310 g/mol. The number of hydrogen-bond donors (Lipinski definition) is 1. The normalized spacial score (nSPS) is 10.7. The number of aliphatic hydroxyl groups excluding tert-OH is 1. The summed E-state index contributed by atoms with van der Waals surface area (Å²) in [5.74, 6) is 0.584. The van der Waals surface area contributed by atoms with E-state index in [0.29, 0.717) is 5.88 Å². The standard InChI is InChI=1S/C13H15BrN2O2/c1-3-11-9(8-17)13(18-2)16(15-11)12-7-5-4-6-10(12)14/h4-7,17H,3,8H2,1-2H3. The molecule has 4 nitrogen and oxygen atoms in total. The molecule has 2 rings (SSSR count). The predicted octanol–water partition coefficient (Wildman–Crippen LogP) is 2.70. The quantitative estimate of drug-likeness (QED) is 0.944. The molecular formula is C13H15BrN2O2. The number of rotatable bonds is 4. The summed E-state index contributed by atoms with van der Waals surface area (Å²) in [5.41, 5.74) is 2.49. The van der Waals surface area contributed by atoms with Crippen LogP contribution in [0.5, 0.6) is 5.88 Å². The highest BCUT2D eigenvalue weighted by atomic mass is 79.9.